The molecule has 13 heteroatoms. The number of sulfonamides is 1. The summed E-state index contributed by atoms with van der Waals surface area (Å²) in [5, 5.41) is 5.59. The highest BCUT2D eigenvalue weighted by atomic mass is 35.5. The summed E-state index contributed by atoms with van der Waals surface area (Å²) in [6.45, 7) is 0. The average Bonchev–Trinajstić information content (AvgIpc) is 2.85. The Morgan fingerprint density at radius 3 is 2.05 bits per heavy atom. The Morgan fingerprint density at radius 2 is 1.43 bits per heavy atom. The zero-order valence-corrected chi connectivity index (χ0v) is 20.6. The Labute approximate surface area is 215 Å². The van der Waals surface area contributed by atoms with Gasteiger partial charge in [0.2, 0.25) is 5.95 Å². The number of halogens is 4. The Hall–Kier alpha value is -4.03. The van der Waals surface area contributed by atoms with Crippen molar-refractivity contribution in [2.75, 3.05) is 22.5 Å². The molecule has 0 radical (unpaired) electrons. The standard InChI is InChI=1S/C24H19ClF3N5O3S/c1-36-18-12-10-15(11-13-18)29-22-14-21(24(26,27)28)31-23(32-22)30-16-6-8-17(9-7-16)33-37(34,35)20-5-3-2-4-19(20)25/h2-14,33H,1H3,(H2,29,30,31,32). The summed E-state index contributed by atoms with van der Waals surface area (Å²) < 4.78 is 73.1. The number of alkyl halides is 3. The largest absolute Gasteiger partial charge is 0.497 e. The first-order chi connectivity index (χ1) is 17.5. The number of nitrogens with one attached hydrogen (secondary N) is 3. The predicted octanol–water partition coefficient (Wildman–Crippen LogP) is 6.45. The number of hydrogen-bond donors (Lipinski definition) is 3. The van der Waals surface area contributed by atoms with Crippen molar-refractivity contribution >= 4 is 50.5 Å². The van der Waals surface area contributed by atoms with E-state index < -0.39 is 21.9 Å². The molecule has 192 valence electrons. The minimum atomic E-state index is -4.71. The van der Waals surface area contributed by atoms with Crippen molar-refractivity contribution in [2.45, 2.75) is 11.1 Å². The fourth-order valence-corrected chi connectivity index (χ4v) is 4.74. The number of nitrogens with zero attached hydrogens (tertiary/aromatic N) is 2. The normalized spacial score (nSPS) is 11.6. The molecule has 0 aliphatic rings. The molecule has 0 bridgehead atoms. The van der Waals surface area contributed by atoms with Gasteiger partial charge in [-0.2, -0.15) is 18.2 Å². The van der Waals surface area contributed by atoms with Crippen LogP contribution in [0.15, 0.2) is 83.8 Å². The number of anilines is 5. The van der Waals surface area contributed by atoms with Crippen molar-refractivity contribution in [1.82, 2.24) is 9.97 Å². The molecule has 0 fully saturated rings. The molecule has 0 aliphatic carbocycles. The van der Waals surface area contributed by atoms with E-state index in [1.165, 1.54) is 43.5 Å². The summed E-state index contributed by atoms with van der Waals surface area (Å²) in [7, 11) is -2.44. The van der Waals surface area contributed by atoms with Gasteiger partial charge in [-0.05, 0) is 60.7 Å². The van der Waals surface area contributed by atoms with Crippen molar-refractivity contribution in [3.05, 3.63) is 89.6 Å². The maximum absolute atomic E-state index is 13.5. The maximum Gasteiger partial charge on any atom is 0.433 e. The molecule has 1 heterocycles. The van der Waals surface area contributed by atoms with Crippen LogP contribution in [-0.4, -0.2) is 25.5 Å². The van der Waals surface area contributed by atoms with E-state index in [-0.39, 0.29) is 27.4 Å². The third-order valence-corrected chi connectivity index (χ3v) is 6.78. The van der Waals surface area contributed by atoms with Gasteiger partial charge in [0, 0.05) is 23.1 Å². The second-order valence-corrected chi connectivity index (χ2v) is 9.61. The van der Waals surface area contributed by atoms with E-state index in [1.54, 1.807) is 36.4 Å². The first-order valence-corrected chi connectivity index (χ1v) is 12.4. The Balaban J connectivity index is 1.54. The van der Waals surface area contributed by atoms with Crippen molar-refractivity contribution in [3.63, 3.8) is 0 Å². The molecule has 3 N–H and O–H groups in total. The van der Waals surface area contributed by atoms with Crippen LogP contribution in [0.5, 0.6) is 5.75 Å². The molecule has 0 unspecified atom stereocenters. The average molecular weight is 550 g/mol. The molecule has 0 saturated carbocycles. The summed E-state index contributed by atoms with van der Waals surface area (Å²) in [5.41, 5.74) is -0.105. The van der Waals surface area contributed by atoms with Crippen LogP contribution >= 0.6 is 11.6 Å². The van der Waals surface area contributed by atoms with Gasteiger partial charge in [-0.3, -0.25) is 4.72 Å². The summed E-state index contributed by atoms with van der Waals surface area (Å²) in [5.74, 6) is 0.193. The van der Waals surface area contributed by atoms with Gasteiger partial charge in [0.25, 0.3) is 10.0 Å². The SMILES string of the molecule is COc1ccc(Nc2cc(C(F)(F)F)nc(Nc3ccc(NS(=O)(=O)c4ccccc4Cl)cc3)n2)cc1. The van der Waals surface area contributed by atoms with E-state index in [1.807, 2.05) is 0 Å². The monoisotopic (exact) mass is 549 g/mol. The first-order valence-electron chi connectivity index (χ1n) is 10.6. The molecule has 0 amide bonds. The van der Waals surface area contributed by atoms with Crippen LogP contribution in [0.4, 0.5) is 42.0 Å². The Bertz CT molecular complexity index is 1500. The number of hydrogen-bond acceptors (Lipinski definition) is 7. The molecule has 0 saturated heterocycles. The maximum atomic E-state index is 13.5. The highest BCUT2D eigenvalue weighted by Gasteiger charge is 2.34. The van der Waals surface area contributed by atoms with E-state index in [2.05, 4.69) is 25.3 Å². The van der Waals surface area contributed by atoms with Crippen molar-refractivity contribution < 1.29 is 26.3 Å². The highest BCUT2D eigenvalue weighted by Crippen LogP contribution is 2.31. The van der Waals surface area contributed by atoms with Crippen molar-refractivity contribution in [3.8, 4) is 5.75 Å². The van der Waals surface area contributed by atoms with Crippen LogP contribution in [0.25, 0.3) is 0 Å². The second kappa shape index (κ2) is 10.5. The van der Waals surface area contributed by atoms with Gasteiger partial charge in [0.05, 0.1) is 12.1 Å². The number of rotatable bonds is 8. The molecule has 0 spiro atoms. The Morgan fingerprint density at radius 1 is 0.838 bits per heavy atom. The van der Waals surface area contributed by atoms with Crippen LogP contribution in [0, 0.1) is 0 Å². The summed E-state index contributed by atoms with van der Waals surface area (Å²) in [4.78, 5) is 7.60. The van der Waals surface area contributed by atoms with Gasteiger partial charge < -0.3 is 15.4 Å². The zero-order valence-electron chi connectivity index (χ0n) is 19.0. The minimum absolute atomic E-state index is 0.0639. The van der Waals surface area contributed by atoms with Gasteiger partial charge in [-0.1, -0.05) is 23.7 Å². The fraction of sp³-hybridized carbons (Fsp3) is 0.0833. The lowest BCUT2D eigenvalue weighted by Gasteiger charge is -2.14. The van der Waals surface area contributed by atoms with Crippen LogP contribution in [0.1, 0.15) is 5.69 Å². The topological polar surface area (TPSA) is 105 Å². The zero-order chi connectivity index (χ0) is 26.6. The number of ether oxygens (including phenoxy) is 1. The second-order valence-electron chi connectivity index (χ2n) is 7.55. The number of methoxy groups -OCH3 is 1. The van der Waals surface area contributed by atoms with E-state index in [0.29, 0.717) is 17.1 Å². The summed E-state index contributed by atoms with van der Waals surface area (Å²) in [6.07, 6.45) is -4.71. The summed E-state index contributed by atoms with van der Waals surface area (Å²) >= 11 is 5.98. The molecular weight excluding hydrogens is 531 g/mol. The molecule has 4 aromatic rings. The molecule has 3 aromatic carbocycles. The fourth-order valence-electron chi connectivity index (χ4n) is 3.16. The first kappa shape index (κ1) is 26.0. The van der Waals surface area contributed by atoms with Crippen molar-refractivity contribution in [2.24, 2.45) is 0 Å². The van der Waals surface area contributed by atoms with Crippen molar-refractivity contribution in [1.29, 1.82) is 0 Å². The molecule has 0 aliphatic heterocycles. The molecule has 1 aromatic heterocycles. The van der Waals surface area contributed by atoms with Gasteiger partial charge in [0.1, 0.15) is 16.5 Å². The number of aromatic nitrogens is 2. The van der Waals surface area contributed by atoms with Gasteiger partial charge >= 0.3 is 6.18 Å². The predicted molar refractivity (Wildman–Crippen MR) is 135 cm³/mol. The Kier molecular flexibility index (Phi) is 7.41. The van der Waals surface area contributed by atoms with E-state index in [4.69, 9.17) is 16.3 Å². The molecule has 8 nitrogen and oxygen atoms in total. The van der Waals surface area contributed by atoms with Crippen LogP contribution in [-0.2, 0) is 16.2 Å². The number of benzene rings is 3. The molecule has 4 rings (SSSR count). The third-order valence-electron chi connectivity index (χ3n) is 4.90. The molecule has 37 heavy (non-hydrogen) atoms. The lowest BCUT2D eigenvalue weighted by Crippen LogP contribution is -2.13. The third kappa shape index (κ3) is 6.60. The quantitative estimate of drug-likeness (QED) is 0.232. The van der Waals surface area contributed by atoms with E-state index >= 15 is 0 Å². The lowest BCUT2D eigenvalue weighted by atomic mass is 10.3. The van der Waals surface area contributed by atoms with Gasteiger partial charge in [-0.15, -0.1) is 0 Å². The highest BCUT2D eigenvalue weighted by molar-refractivity contribution is 7.92. The minimum Gasteiger partial charge on any atom is -0.497 e. The van der Waals surface area contributed by atoms with Gasteiger partial charge in [0.15, 0.2) is 5.69 Å². The van der Waals surface area contributed by atoms with Crippen LogP contribution in [0.2, 0.25) is 5.02 Å². The lowest BCUT2D eigenvalue weighted by molar-refractivity contribution is -0.141. The van der Waals surface area contributed by atoms with Crippen LogP contribution < -0.4 is 20.1 Å². The van der Waals surface area contributed by atoms with Gasteiger partial charge in [-0.25, -0.2) is 13.4 Å². The molecule has 0 atom stereocenters. The van der Waals surface area contributed by atoms with Crippen LogP contribution in [0.3, 0.4) is 0 Å². The molecular formula is C24H19ClF3N5O3S. The smallest absolute Gasteiger partial charge is 0.433 e. The van der Waals surface area contributed by atoms with E-state index in [9.17, 15) is 21.6 Å². The summed E-state index contributed by atoms with van der Waals surface area (Å²) in [6, 6.07) is 19.1. The van der Waals surface area contributed by atoms with E-state index in [0.717, 1.165) is 6.07 Å².